The Kier molecular flexibility index (Phi) is 4.17. The van der Waals surface area contributed by atoms with Gasteiger partial charge in [0.2, 0.25) is 0 Å². The summed E-state index contributed by atoms with van der Waals surface area (Å²) in [6, 6.07) is 14.0. The zero-order valence-electron chi connectivity index (χ0n) is 12.0. The minimum absolute atomic E-state index is 0.464. The van der Waals surface area contributed by atoms with Gasteiger partial charge in [0, 0.05) is 17.5 Å². The zero-order chi connectivity index (χ0) is 14.5. The van der Waals surface area contributed by atoms with E-state index in [2.05, 4.69) is 29.4 Å². The summed E-state index contributed by atoms with van der Waals surface area (Å²) in [5.41, 5.74) is 2.05. The van der Waals surface area contributed by atoms with E-state index in [-0.39, 0.29) is 0 Å². The highest BCUT2D eigenvalue weighted by Crippen LogP contribution is 2.21. The third-order valence-electron chi connectivity index (χ3n) is 3.23. The van der Waals surface area contributed by atoms with Crippen molar-refractivity contribution in [2.24, 2.45) is 0 Å². The molecule has 2 heterocycles. The molecule has 3 rings (SSSR count). The summed E-state index contributed by atoms with van der Waals surface area (Å²) >= 11 is 0. The Labute approximate surface area is 123 Å². The normalized spacial score (nSPS) is 10.9. The van der Waals surface area contributed by atoms with E-state index < -0.39 is 0 Å². The fraction of sp³-hybridized carbons (Fsp3) is 0.235. The highest BCUT2D eigenvalue weighted by atomic mass is 16.5. The Balaban J connectivity index is 1.79. The maximum atomic E-state index is 5.73. The second-order valence-corrected chi connectivity index (χ2v) is 4.79. The summed E-state index contributed by atoms with van der Waals surface area (Å²) in [7, 11) is 0. The van der Waals surface area contributed by atoms with Crippen molar-refractivity contribution in [3.05, 3.63) is 60.1 Å². The van der Waals surface area contributed by atoms with Crippen LogP contribution in [0.4, 0.5) is 5.82 Å². The molecule has 0 aliphatic carbocycles. The van der Waals surface area contributed by atoms with Crippen LogP contribution >= 0.6 is 0 Å². The van der Waals surface area contributed by atoms with Crippen LogP contribution in [0, 0.1) is 0 Å². The fourth-order valence-electron chi connectivity index (χ4n) is 2.25. The van der Waals surface area contributed by atoms with Crippen molar-refractivity contribution in [3.8, 4) is 0 Å². The minimum atomic E-state index is 0.464. The van der Waals surface area contributed by atoms with Gasteiger partial charge in [-0.3, -0.25) is 0 Å². The lowest BCUT2D eigenvalue weighted by molar-refractivity contribution is 0.0932. The van der Waals surface area contributed by atoms with Gasteiger partial charge in [0.25, 0.3) is 0 Å². The summed E-state index contributed by atoms with van der Waals surface area (Å²) in [4.78, 5) is 4.67. The first-order valence-corrected chi connectivity index (χ1v) is 7.09. The van der Waals surface area contributed by atoms with Crippen LogP contribution in [-0.4, -0.2) is 11.5 Å². The van der Waals surface area contributed by atoms with Crippen molar-refractivity contribution in [1.82, 2.24) is 4.98 Å². The number of fused-ring (bicyclic) bond motifs is 1. The van der Waals surface area contributed by atoms with Gasteiger partial charge in [-0.15, -0.1) is 0 Å². The topological polar surface area (TPSA) is 47.3 Å². The predicted octanol–water partition coefficient (Wildman–Crippen LogP) is 3.98. The molecular formula is C17H18N2O2. The minimum Gasteiger partial charge on any atom is -0.467 e. The van der Waals surface area contributed by atoms with Crippen LogP contribution in [0.1, 0.15) is 18.2 Å². The van der Waals surface area contributed by atoms with E-state index >= 15 is 0 Å². The van der Waals surface area contributed by atoms with Gasteiger partial charge in [-0.25, -0.2) is 4.98 Å². The number of hydrogen-bond acceptors (Lipinski definition) is 4. The summed E-state index contributed by atoms with van der Waals surface area (Å²) in [6.07, 6.45) is 1.65. The van der Waals surface area contributed by atoms with E-state index in [1.54, 1.807) is 6.26 Å². The molecule has 0 saturated carbocycles. The van der Waals surface area contributed by atoms with E-state index in [1.165, 1.54) is 0 Å². The number of anilines is 1. The van der Waals surface area contributed by atoms with Gasteiger partial charge in [-0.1, -0.05) is 18.2 Å². The number of nitrogens with zero attached hydrogens (tertiary/aromatic N) is 1. The van der Waals surface area contributed by atoms with Crippen LogP contribution in [0.15, 0.2) is 53.1 Å². The maximum Gasteiger partial charge on any atom is 0.132 e. The van der Waals surface area contributed by atoms with Crippen LogP contribution in [0.2, 0.25) is 0 Å². The van der Waals surface area contributed by atoms with E-state index in [4.69, 9.17) is 9.15 Å². The van der Waals surface area contributed by atoms with Crippen molar-refractivity contribution in [2.75, 3.05) is 11.9 Å². The Morgan fingerprint density at radius 2 is 2.05 bits per heavy atom. The molecule has 0 aliphatic rings. The standard InChI is InChI=1S/C17H18N2O2/c1-2-18-17-14(11-20-12-15-7-5-9-21-15)10-13-6-3-4-8-16(13)19-17/h3-10H,2,11-12H2,1H3,(H,18,19). The average molecular weight is 282 g/mol. The number of ether oxygens (including phenoxy) is 1. The van der Waals surface area contributed by atoms with Crippen LogP contribution < -0.4 is 5.32 Å². The molecule has 1 N–H and O–H groups in total. The highest BCUT2D eigenvalue weighted by Gasteiger charge is 2.07. The van der Waals surface area contributed by atoms with Gasteiger partial charge in [-0.2, -0.15) is 0 Å². The summed E-state index contributed by atoms with van der Waals surface area (Å²) in [6.45, 7) is 3.85. The van der Waals surface area contributed by atoms with Crippen LogP contribution in [0.3, 0.4) is 0 Å². The molecule has 0 atom stereocenters. The second kappa shape index (κ2) is 6.41. The molecule has 0 bridgehead atoms. The van der Waals surface area contributed by atoms with Gasteiger partial charge in [0.15, 0.2) is 0 Å². The highest BCUT2D eigenvalue weighted by molar-refractivity contribution is 5.81. The van der Waals surface area contributed by atoms with Crippen LogP contribution in [0.25, 0.3) is 10.9 Å². The van der Waals surface area contributed by atoms with E-state index in [9.17, 15) is 0 Å². The smallest absolute Gasteiger partial charge is 0.132 e. The first-order chi connectivity index (χ1) is 10.4. The first-order valence-electron chi connectivity index (χ1n) is 7.09. The van der Waals surface area contributed by atoms with Gasteiger partial charge in [0.1, 0.15) is 18.2 Å². The van der Waals surface area contributed by atoms with Gasteiger partial charge in [0.05, 0.1) is 18.4 Å². The SMILES string of the molecule is CCNc1nc2ccccc2cc1COCc1ccco1. The lowest BCUT2D eigenvalue weighted by atomic mass is 10.1. The molecule has 108 valence electrons. The monoisotopic (exact) mass is 282 g/mol. The number of furan rings is 1. The first kappa shape index (κ1) is 13.6. The number of pyridine rings is 1. The summed E-state index contributed by atoms with van der Waals surface area (Å²) in [5.74, 6) is 1.71. The molecule has 0 unspecified atom stereocenters. The number of para-hydroxylation sites is 1. The van der Waals surface area contributed by atoms with Crippen molar-refractivity contribution >= 4 is 16.7 Å². The number of nitrogens with one attached hydrogen (secondary N) is 1. The Morgan fingerprint density at radius 1 is 1.14 bits per heavy atom. The summed E-state index contributed by atoms with van der Waals surface area (Å²) < 4.78 is 11.0. The van der Waals surface area contributed by atoms with E-state index in [0.29, 0.717) is 13.2 Å². The molecule has 0 saturated heterocycles. The van der Waals surface area contributed by atoms with Crippen molar-refractivity contribution in [1.29, 1.82) is 0 Å². The lowest BCUT2D eigenvalue weighted by Crippen LogP contribution is -2.05. The summed E-state index contributed by atoms with van der Waals surface area (Å²) in [5, 5.41) is 4.42. The molecule has 3 aromatic rings. The molecule has 4 nitrogen and oxygen atoms in total. The maximum absolute atomic E-state index is 5.73. The van der Waals surface area contributed by atoms with Crippen molar-refractivity contribution < 1.29 is 9.15 Å². The van der Waals surface area contributed by atoms with E-state index in [1.807, 2.05) is 30.3 Å². The number of rotatable bonds is 6. The largest absolute Gasteiger partial charge is 0.467 e. The molecule has 0 amide bonds. The van der Waals surface area contributed by atoms with E-state index in [0.717, 1.165) is 34.6 Å². The number of hydrogen-bond donors (Lipinski definition) is 1. The second-order valence-electron chi connectivity index (χ2n) is 4.79. The zero-order valence-corrected chi connectivity index (χ0v) is 12.0. The molecule has 21 heavy (non-hydrogen) atoms. The van der Waals surface area contributed by atoms with Crippen molar-refractivity contribution in [2.45, 2.75) is 20.1 Å². The quantitative estimate of drug-likeness (QED) is 0.743. The molecule has 0 fully saturated rings. The molecule has 0 radical (unpaired) electrons. The fourth-order valence-corrected chi connectivity index (χ4v) is 2.25. The van der Waals surface area contributed by atoms with Gasteiger partial charge >= 0.3 is 0 Å². The molecule has 0 aliphatic heterocycles. The predicted molar refractivity (Wildman–Crippen MR) is 83.1 cm³/mol. The average Bonchev–Trinajstić information content (AvgIpc) is 3.01. The molecular weight excluding hydrogens is 264 g/mol. The van der Waals surface area contributed by atoms with Crippen LogP contribution in [0.5, 0.6) is 0 Å². The number of benzene rings is 1. The van der Waals surface area contributed by atoms with Crippen molar-refractivity contribution in [3.63, 3.8) is 0 Å². The third-order valence-corrected chi connectivity index (χ3v) is 3.23. The van der Waals surface area contributed by atoms with Gasteiger partial charge < -0.3 is 14.5 Å². The lowest BCUT2D eigenvalue weighted by Gasteiger charge is -2.11. The Hall–Kier alpha value is -2.33. The number of aromatic nitrogens is 1. The molecule has 1 aromatic carbocycles. The van der Waals surface area contributed by atoms with Gasteiger partial charge in [-0.05, 0) is 31.2 Å². The Morgan fingerprint density at radius 3 is 2.86 bits per heavy atom. The molecule has 4 heteroatoms. The Bertz CT molecular complexity index is 708. The van der Waals surface area contributed by atoms with Crippen LogP contribution in [-0.2, 0) is 18.0 Å². The molecule has 2 aromatic heterocycles. The molecule has 0 spiro atoms. The third kappa shape index (κ3) is 3.23.